The Morgan fingerprint density at radius 1 is 1.37 bits per heavy atom. The lowest BCUT2D eigenvalue weighted by molar-refractivity contribution is -0.117. The highest BCUT2D eigenvalue weighted by atomic mass is 32.2. The predicted molar refractivity (Wildman–Crippen MR) is 73.3 cm³/mol. The molecule has 6 heteroatoms. The van der Waals surface area contributed by atoms with Crippen molar-refractivity contribution in [2.45, 2.75) is 25.2 Å². The summed E-state index contributed by atoms with van der Waals surface area (Å²) < 4.78 is 25.9. The molecule has 1 amide bonds. The van der Waals surface area contributed by atoms with Gasteiger partial charge in [-0.2, -0.15) is 0 Å². The Balaban J connectivity index is 2.44. The first-order valence-electron chi connectivity index (χ1n) is 5.90. The van der Waals surface area contributed by atoms with Crippen molar-refractivity contribution in [2.75, 3.05) is 11.4 Å². The molecular weight excluding hydrogens is 264 g/mol. The molecule has 1 aliphatic heterocycles. The van der Waals surface area contributed by atoms with Crippen LogP contribution in [0.1, 0.15) is 19.4 Å². The Hall–Kier alpha value is -1.82. The van der Waals surface area contributed by atoms with Crippen LogP contribution < -0.4 is 9.62 Å². The highest BCUT2D eigenvalue weighted by molar-refractivity contribution is 7.90. The molecule has 0 aliphatic carbocycles. The normalized spacial score (nSPS) is 14.1. The van der Waals surface area contributed by atoms with E-state index in [1.165, 1.54) is 13.0 Å². The molecule has 5 nitrogen and oxygen atoms in total. The van der Waals surface area contributed by atoms with Gasteiger partial charge in [0.1, 0.15) is 0 Å². The van der Waals surface area contributed by atoms with Crippen LogP contribution in [0.2, 0.25) is 0 Å². The van der Waals surface area contributed by atoms with Crippen LogP contribution in [0.25, 0.3) is 0 Å². The van der Waals surface area contributed by atoms with Gasteiger partial charge in [-0.25, -0.2) is 13.1 Å². The van der Waals surface area contributed by atoms with Crippen molar-refractivity contribution >= 4 is 21.6 Å². The predicted octanol–water partition coefficient (Wildman–Crippen LogP) is 1.41. The third kappa shape index (κ3) is 2.63. The van der Waals surface area contributed by atoms with E-state index in [1.807, 2.05) is 16.5 Å². The van der Waals surface area contributed by atoms with Crippen LogP contribution in [0.5, 0.6) is 0 Å². The maximum absolute atomic E-state index is 11.9. The fourth-order valence-electron chi connectivity index (χ4n) is 2.17. The average molecular weight is 280 g/mol. The summed E-state index contributed by atoms with van der Waals surface area (Å²) in [6.07, 6.45) is 0.864. The number of carbonyl (C=O) groups is 1. The largest absolute Gasteiger partial charge is 0.345 e. The maximum atomic E-state index is 11.9. The average Bonchev–Trinajstić information content (AvgIpc) is 2.69. The van der Waals surface area contributed by atoms with Gasteiger partial charge in [0.15, 0.2) is 0 Å². The second-order valence-corrected chi connectivity index (χ2v) is 6.27. The minimum Gasteiger partial charge on any atom is -0.345 e. The minimum atomic E-state index is -3.79. The van der Waals surface area contributed by atoms with Gasteiger partial charge in [-0.1, -0.05) is 12.6 Å². The first-order valence-corrected chi connectivity index (χ1v) is 7.39. The van der Waals surface area contributed by atoms with E-state index in [1.54, 1.807) is 12.1 Å². The zero-order valence-corrected chi connectivity index (χ0v) is 11.8. The number of nitrogens with zero attached hydrogens (tertiary/aromatic N) is 1. The Morgan fingerprint density at radius 3 is 2.63 bits per heavy atom. The van der Waals surface area contributed by atoms with E-state index in [-0.39, 0.29) is 4.90 Å². The first kappa shape index (κ1) is 13.6. The molecule has 0 radical (unpaired) electrons. The SMILES string of the molecule is C=C(C)N1CCc2ccc(S(=O)(=O)NC(C)=O)cc21. The number of benzene rings is 1. The minimum absolute atomic E-state index is 0.0922. The molecule has 0 bridgehead atoms. The molecular formula is C13H16N2O3S. The highest BCUT2D eigenvalue weighted by Crippen LogP contribution is 2.32. The lowest BCUT2D eigenvalue weighted by atomic mass is 10.2. The van der Waals surface area contributed by atoms with Crippen LogP contribution in [-0.4, -0.2) is 20.9 Å². The molecule has 19 heavy (non-hydrogen) atoms. The fraction of sp³-hybridized carbons (Fsp3) is 0.308. The van der Waals surface area contributed by atoms with E-state index in [0.29, 0.717) is 0 Å². The maximum Gasteiger partial charge on any atom is 0.264 e. The fourth-order valence-corrected chi connectivity index (χ4v) is 3.18. The second kappa shape index (κ2) is 4.70. The molecule has 1 aromatic carbocycles. The van der Waals surface area contributed by atoms with Gasteiger partial charge >= 0.3 is 0 Å². The number of amides is 1. The number of fused-ring (bicyclic) bond motifs is 1. The molecule has 1 heterocycles. The van der Waals surface area contributed by atoms with Crippen LogP contribution in [0.4, 0.5) is 5.69 Å². The third-order valence-electron chi connectivity index (χ3n) is 3.00. The van der Waals surface area contributed by atoms with Gasteiger partial charge in [0.2, 0.25) is 5.91 Å². The quantitative estimate of drug-likeness (QED) is 0.909. The Labute approximate surface area is 113 Å². The van der Waals surface area contributed by atoms with Gasteiger partial charge < -0.3 is 4.90 Å². The van der Waals surface area contributed by atoms with Gasteiger partial charge in [0.25, 0.3) is 10.0 Å². The highest BCUT2D eigenvalue weighted by Gasteiger charge is 2.23. The zero-order valence-electron chi connectivity index (χ0n) is 10.9. The number of hydrogen-bond acceptors (Lipinski definition) is 4. The van der Waals surface area contributed by atoms with E-state index in [0.717, 1.165) is 29.9 Å². The number of carbonyl (C=O) groups excluding carboxylic acids is 1. The molecule has 1 aromatic rings. The molecule has 0 spiro atoms. The first-order chi connectivity index (χ1) is 8.81. The Morgan fingerprint density at radius 2 is 2.05 bits per heavy atom. The molecule has 0 atom stereocenters. The number of allylic oxidation sites excluding steroid dienone is 1. The summed E-state index contributed by atoms with van der Waals surface area (Å²) in [4.78, 5) is 13.0. The van der Waals surface area contributed by atoms with Crippen molar-refractivity contribution in [1.29, 1.82) is 0 Å². The van der Waals surface area contributed by atoms with E-state index in [2.05, 4.69) is 6.58 Å². The van der Waals surface area contributed by atoms with Crippen molar-refractivity contribution in [3.8, 4) is 0 Å². The third-order valence-corrected chi connectivity index (χ3v) is 4.43. The van der Waals surface area contributed by atoms with Crippen LogP contribution in [0.3, 0.4) is 0 Å². The summed E-state index contributed by atoms with van der Waals surface area (Å²) in [6.45, 7) is 7.73. The summed E-state index contributed by atoms with van der Waals surface area (Å²) in [5, 5.41) is 0. The molecule has 0 saturated heterocycles. The molecule has 0 saturated carbocycles. The summed E-state index contributed by atoms with van der Waals surface area (Å²) in [6, 6.07) is 4.89. The number of hydrogen-bond donors (Lipinski definition) is 1. The van der Waals surface area contributed by atoms with Gasteiger partial charge in [-0.3, -0.25) is 4.79 Å². The molecule has 102 valence electrons. The standard InChI is InChI=1S/C13H16N2O3S/c1-9(2)15-7-6-11-4-5-12(8-13(11)15)19(17,18)14-10(3)16/h4-5,8H,1,6-7H2,2-3H3,(H,14,16). The summed E-state index contributed by atoms with van der Waals surface area (Å²) in [7, 11) is -3.79. The monoisotopic (exact) mass is 280 g/mol. The van der Waals surface area contributed by atoms with E-state index in [9.17, 15) is 13.2 Å². The molecule has 0 unspecified atom stereocenters. The zero-order chi connectivity index (χ0) is 14.2. The number of anilines is 1. The van der Waals surface area contributed by atoms with E-state index < -0.39 is 15.9 Å². The van der Waals surface area contributed by atoms with E-state index in [4.69, 9.17) is 0 Å². The molecule has 2 rings (SSSR count). The molecule has 0 aromatic heterocycles. The number of sulfonamides is 1. The van der Waals surface area contributed by atoms with Crippen molar-refractivity contribution in [3.63, 3.8) is 0 Å². The van der Waals surface area contributed by atoms with Gasteiger partial charge in [-0.05, 0) is 31.0 Å². The summed E-state index contributed by atoms with van der Waals surface area (Å²) >= 11 is 0. The Kier molecular flexibility index (Phi) is 3.36. The van der Waals surface area contributed by atoms with Gasteiger partial charge in [0.05, 0.1) is 4.90 Å². The molecule has 1 aliphatic rings. The van der Waals surface area contributed by atoms with Crippen molar-refractivity contribution in [1.82, 2.24) is 4.72 Å². The van der Waals surface area contributed by atoms with Crippen LogP contribution in [-0.2, 0) is 21.2 Å². The lowest BCUT2D eigenvalue weighted by Gasteiger charge is -2.19. The Bertz CT molecular complexity index is 650. The smallest absolute Gasteiger partial charge is 0.264 e. The molecule has 1 N–H and O–H groups in total. The van der Waals surface area contributed by atoms with Crippen molar-refractivity contribution in [3.05, 3.63) is 36.0 Å². The number of rotatable bonds is 3. The lowest BCUT2D eigenvalue weighted by Crippen LogP contribution is -2.28. The topological polar surface area (TPSA) is 66.5 Å². The van der Waals surface area contributed by atoms with Crippen molar-refractivity contribution < 1.29 is 13.2 Å². The van der Waals surface area contributed by atoms with Crippen LogP contribution >= 0.6 is 0 Å². The second-order valence-electron chi connectivity index (χ2n) is 4.59. The van der Waals surface area contributed by atoms with Crippen LogP contribution in [0, 0.1) is 0 Å². The summed E-state index contributed by atoms with van der Waals surface area (Å²) in [5.41, 5.74) is 2.80. The number of nitrogens with one attached hydrogen (secondary N) is 1. The molecule has 0 fully saturated rings. The van der Waals surface area contributed by atoms with Crippen molar-refractivity contribution in [2.24, 2.45) is 0 Å². The van der Waals surface area contributed by atoms with E-state index >= 15 is 0 Å². The summed E-state index contributed by atoms with van der Waals surface area (Å²) in [5.74, 6) is -0.600. The van der Waals surface area contributed by atoms with Gasteiger partial charge in [0, 0.05) is 24.9 Å². The van der Waals surface area contributed by atoms with Gasteiger partial charge in [-0.15, -0.1) is 0 Å². The van der Waals surface area contributed by atoms with Crippen LogP contribution in [0.15, 0.2) is 35.4 Å².